The topological polar surface area (TPSA) is 58.9 Å². The van der Waals surface area contributed by atoms with Crippen LogP contribution >= 0.6 is 11.3 Å². The summed E-state index contributed by atoms with van der Waals surface area (Å²) in [6, 6.07) is 0. The fourth-order valence-electron chi connectivity index (χ4n) is 3.59. The highest BCUT2D eigenvalue weighted by Gasteiger charge is 2.26. The third-order valence-corrected chi connectivity index (χ3v) is 5.78. The molecule has 1 amide bonds. The van der Waals surface area contributed by atoms with E-state index in [1.165, 1.54) is 0 Å². The SMILES string of the molecule is O=C(c1nc2sccn2c1CNCC1CCOCC1)N1CCCC1. The first kappa shape index (κ1) is 16.1. The van der Waals surface area contributed by atoms with Crippen LogP contribution in [0.5, 0.6) is 0 Å². The molecule has 4 rings (SSSR count). The zero-order valence-corrected chi connectivity index (χ0v) is 14.7. The maximum absolute atomic E-state index is 12.8. The van der Waals surface area contributed by atoms with E-state index in [0.29, 0.717) is 18.2 Å². The second kappa shape index (κ2) is 7.21. The number of likely N-dealkylation sites (tertiary alicyclic amines) is 1. The molecule has 0 aliphatic carbocycles. The van der Waals surface area contributed by atoms with E-state index in [0.717, 1.165) is 69.2 Å². The lowest BCUT2D eigenvalue weighted by molar-refractivity contribution is 0.0662. The lowest BCUT2D eigenvalue weighted by Crippen LogP contribution is -2.31. The van der Waals surface area contributed by atoms with E-state index < -0.39 is 0 Å². The van der Waals surface area contributed by atoms with Crippen molar-refractivity contribution in [1.29, 1.82) is 0 Å². The molecule has 0 bridgehead atoms. The summed E-state index contributed by atoms with van der Waals surface area (Å²) in [6.45, 7) is 5.11. The average molecular weight is 348 g/mol. The van der Waals surface area contributed by atoms with Crippen LogP contribution in [0.15, 0.2) is 11.6 Å². The van der Waals surface area contributed by atoms with Gasteiger partial charge in [-0.25, -0.2) is 4.98 Å². The number of aromatic nitrogens is 2. The van der Waals surface area contributed by atoms with Crippen molar-refractivity contribution in [3.8, 4) is 0 Å². The summed E-state index contributed by atoms with van der Waals surface area (Å²) in [5.41, 5.74) is 1.62. The fraction of sp³-hybridized carbons (Fsp3) is 0.647. The molecule has 0 atom stereocenters. The summed E-state index contributed by atoms with van der Waals surface area (Å²) in [6.07, 6.45) is 6.45. The number of ether oxygens (including phenoxy) is 1. The molecule has 4 heterocycles. The number of rotatable bonds is 5. The Hall–Kier alpha value is -1.44. The average Bonchev–Trinajstić information content (AvgIpc) is 3.33. The molecule has 0 radical (unpaired) electrons. The van der Waals surface area contributed by atoms with Gasteiger partial charge in [0.2, 0.25) is 0 Å². The molecule has 0 unspecified atom stereocenters. The predicted octanol–water partition coefficient (Wildman–Crippen LogP) is 2.15. The van der Waals surface area contributed by atoms with Crippen LogP contribution in [-0.4, -0.2) is 53.0 Å². The van der Waals surface area contributed by atoms with E-state index >= 15 is 0 Å². The van der Waals surface area contributed by atoms with Crippen LogP contribution < -0.4 is 5.32 Å². The van der Waals surface area contributed by atoms with Crippen molar-refractivity contribution in [2.45, 2.75) is 32.2 Å². The summed E-state index contributed by atoms with van der Waals surface area (Å²) < 4.78 is 7.48. The van der Waals surface area contributed by atoms with Gasteiger partial charge in [-0.05, 0) is 38.1 Å². The van der Waals surface area contributed by atoms with Gasteiger partial charge in [0.1, 0.15) is 0 Å². The van der Waals surface area contributed by atoms with Gasteiger partial charge in [-0.3, -0.25) is 9.20 Å². The minimum Gasteiger partial charge on any atom is -0.381 e. The lowest BCUT2D eigenvalue weighted by Gasteiger charge is -2.22. The molecule has 6 nitrogen and oxygen atoms in total. The number of amides is 1. The van der Waals surface area contributed by atoms with Gasteiger partial charge in [0.15, 0.2) is 10.7 Å². The zero-order valence-electron chi connectivity index (χ0n) is 13.9. The van der Waals surface area contributed by atoms with E-state index in [1.54, 1.807) is 11.3 Å². The molecule has 7 heteroatoms. The molecule has 0 aromatic carbocycles. The van der Waals surface area contributed by atoms with E-state index in [4.69, 9.17) is 4.74 Å². The molecule has 2 aliphatic rings. The highest BCUT2D eigenvalue weighted by molar-refractivity contribution is 7.15. The summed E-state index contributed by atoms with van der Waals surface area (Å²) in [5.74, 6) is 0.758. The standard InChI is InChI=1S/C17H24N4O2S/c22-16(20-5-1-2-6-20)15-14(21-7-10-24-17(21)19-15)12-18-11-13-3-8-23-9-4-13/h7,10,13,18H,1-6,8-9,11-12H2. The van der Waals surface area contributed by atoms with Crippen molar-refractivity contribution < 1.29 is 9.53 Å². The minimum atomic E-state index is 0.0891. The first-order valence-corrected chi connectivity index (χ1v) is 9.73. The normalized spacial score (nSPS) is 19.4. The monoisotopic (exact) mass is 348 g/mol. The van der Waals surface area contributed by atoms with Gasteiger partial charge in [0, 0.05) is 44.4 Å². The number of hydrogen-bond acceptors (Lipinski definition) is 5. The number of carbonyl (C=O) groups excluding carboxylic acids is 1. The van der Waals surface area contributed by atoms with Gasteiger partial charge < -0.3 is 15.0 Å². The van der Waals surface area contributed by atoms with Gasteiger partial charge in [0.25, 0.3) is 5.91 Å². The van der Waals surface area contributed by atoms with Crippen molar-refractivity contribution in [3.05, 3.63) is 23.0 Å². The Labute approximate surface area is 145 Å². The molecule has 130 valence electrons. The van der Waals surface area contributed by atoms with Crippen LogP contribution in [0, 0.1) is 5.92 Å². The number of fused-ring (bicyclic) bond motifs is 1. The Bertz CT molecular complexity index is 699. The lowest BCUT2D eigenvalue weighted by atomic mass is 10.0. The number of thiazole rings is 1. The van der Waals surface area contributed by atoms with Crippen LogP contribution in [-0.2, 0) is 11.3 Å². The quantitative estimate of drug-likeness (QED) is 0.899. The molecular weight excluding hydrogens is 324 g/mol. The van der Waals surface area contributed by atoms with E-state index in [1.807, 2.05) is 16.5 Å². The highest BCUT2D eigenvalue weighted by atomic mass is 32.1. The largest absolute Gasteiger partial charge is 0.381 e. The molecule has 1 N–H and O–H groups in total. The number of imidazole rings is 1. The van der Waals surface area contributed by atoms with Crippen molar-refractivity contribution in [1.82, 2.24) is 19.6 Å². The number of nitrogens with one attached hydrogen (secondary N) is 1. The summed E-state index contributed by atoms with van der Waals surface area (Å²) in [5, 5.41) is 5.57. The van der Waals surface area contributed by atoms with Crippen LogP contribution in [0.1, 0.15) is 41.9 Å². The molecular formula is C17H24N4O2S. The molecule has 2 aromatic heterocycles. The molecule has 2 aromatic rings. The predicted molar refractivity (Wildman–Crippen MR) is 93.5 cm³/mol. The number of nitrogens with zero attached hydrogens (tertiary/aromatic N) is 3. The van der Waals surface area contributed by atoms with Crippen LogP contribution in [0.2, 0.25) is 0 Å². The van der Waals surface area contributed by atoms with Crippen molar-refractivity contribution in [2.24, 2.45) is 5.92 Å². The molecule has 2 saturated heterocycles. The number of carbonyl (C=O) groups is 1. The second-order valence-corrected chi connectivity index (χ2v) is 7.52. The summed E-state index contributed by atoms with van der Waals surface area (Å²) in [7, 11) is 0. The van der Waals surface area contributed by atoms with Crippen molar-refractivity contribution in [2.75, 3.05) is 32.8 Å². The van der Waals surface area contributed by atoms with Crippen molar-refractivity contribution in [3.63, 3.8) is 0 Å². The van der Waals surface area contributed by atoms with E-state index in [2.05, 4.69) is 14.7 Å². The third kappa shape index (κ3) is 3.20. The Morgan fingerprint density at radius 2 is 2.12 bits per heavy atom. The molecule has 0 spiro atoms. The third-order valence-electron chi connectivity index (χ3n) is 5.02. The molecule has 0 saturated carbocycles. The van der Waals surface area contributed by atoms with E-state index in [9.17, 15) is 4.79 Å². The molecule has 2 fully saturated rings. The van der Waals surface area contributed by atoms with Crippen LogP contribution in [0.25, 0.3) is 4.96 Å². The summed E-state index contributed by atoms with van der Waals surface area (Å²) in [4.78, 5) is 20.3. The first-order chi connectivity index (χ1) is 11.8. The Balaban J connectivity index is 1.48. The number of hydrogen-bond donors (Lipinski definition) is 1. The zero-order chi connectivity index (χ0) is 16.4. The highest BCUT2D eigenvalue weighted by Crippen LogP contribution is 2.21. The van der Waals surface area contributed by atoms with E-state index in [-0.39, 0.29) is 5.91 Å². The Kier molecular flexibility index (Phi) is 4.82. The van der Waals surface area contributed by atoms with Gasteiger partial charge in [0.05, 0.1) is 5.69 Å². The van der Waals surface area contributed by atoms with Crippen molar-refractivity contribution >= 4 is 22.2 Å². The molecule has 24 heavy (non-hydrogen) atoms. The Morgan fingerprint density at radius 1 is 1.33 bits per heavy atom. The molecule has 2 aliphatic heterocycles. The van der Waals surface area contributed by atoms with Gasteiger partial charge in [-0.2, -0.15) is 0 Å². The summed E-state index contributed by atoms with van der Waals surface area (Å²) >= 11 is 1.58. The maximum Gasteiger partial charge on any atom is 0.274 e. The first-order valence-electron chi connectivity index (χ1n) is 8.85. The second-order valence-electron chi connectivity index (χ2n) is 6.65. The minimum absolute atomic E-state index is 0.0891. The van der Waals surface area contributed by atoms with Gasteiger partial charge >= 0.3 is 0 Å². The van der Waals surface area contributed by atoms with Crippen LogP contribution in [0.3, 0.4) is 0 Å². The van der Waals surface area contributed by atoms with Crippen LogP contribution in [0.4, 0.5) is 0 Å². The maximum atomic E-state index is 12.8. The smallest absolute Gasteiger partial charge is 0.274 e. The van der Waals surface area contributed by atoms with Gasteiger partial charge in [-0.15, -0.1) is 11.3 Å². The fourth-order valence-corrected chi connectivity index (χ4v) is 4.32. The Morgan fingerprint density at radius 3 is 2.92 bits per heavy atom. The van der Waals surface area contributed by atoms with Gasteiger partial charge in [-0.1, -0.05) is 0 Å².